The Morgan fingerprint density at radius 1 is 1.17 bits per heavy atom. The van der Waals surface area contributed by atoms with E-state index in [9.17, 15) is 24.8 Å². The average molecular weight is 410 g/mol. The molecule has 0 spiro atoms. The summed E-state index contributed by atoms with van der Waals surface area (Å²) < 4.78 is 5.03. The number of para-hydroxylation sites is 1. The summed E-state index contributed by atoms with van der Waals surface area (Å²) in [5.74, 6) is -2.03. The summed E-state index contributed by atoms with van der Waals surface area (Å²) in [6, 6.07) is 11.7. The average Bonchev–Trinajstić information content (AvgIpc) is 2.99. The van der Waals surface area contributed by atoms with Crippen LogP contribution in [-0.4, -0.2) is 46.9 Å². The van der Waals surface area contributed by atoms with E-state index in [1.165, 1.54) is 30.2 Å². The second kappa shape index (κ2) is 8.87. The van der Waals surface area contributed by atoms with Crippen molar-refractivity contribution in [3.05, 3.63) is 80.9 Å². The van der Waals surface area contributed by atoms with Crippen LogP contribution in [0.2, 0.25) is 0 Å². The summed E-state index contributed by atoms with van der Waals surface area (Å²) in [6.07, 6.45) is 0.436. The number of benzene rings is 2. The number of Topliss-reactive ketones (excluding diaryl/α,β-unsaturated/α-hetero) is 1. The van der Waals surface area contributed by atoms with Crippen LogP contribution in [-0.2, 0) is 14.3 Å². The SMILES string of the molecule is COCCCN1C(=O)C(=O)/C(=C(/O)c2ccc(C)cc2)C1c1ccccc1[N+](=O)[O-]. The second-order valence-corrected chi connectivity index (χ2v) is 7.02. The number of aryl methyl sites for hydroxylation is 1. The molecule has 2 aromatic rings. The molecule has 8 heteroatoms. The maximum Gasteiger partial charge on any atom is 0.295 e. The molecular formula is C22H22N2O6. The van der Waals surface area contributed by atoms with Crippen LogP contribution in [0.1, 0.15) is 29.2 Å². The Bertz CT molecular complexity index is 1010. The van der Waals surface area contributed by atoms with Crippen LogP contribution < -0.4 is 0 Å². The smallest absolute Gasteiger partial charge is 0.295 e. The van der Waals surface area contributed by atoms with Crippen LogP contribution in [0.4, 0.5) is 5.69 Å². The van der Waals surface area contributed by atoms with Gasteiger partial charge < -0.3 is 14.7 Å². The summed E-state index contributed by atoms with van der Waals surface area (Å²) in [5.41, 5.74) is 1.11. The minimum absolute atomic E-state index is 0.153. The van der Waals surface area contributed by atoms with Gasteiger partial charge in [-0.1, -0.05) is 42.0 Å². The van der Waals surface area contributed by atoms with Gasteiger partial charge in [0.1, 0.15) is 5.76 Å². The number of nitro benzene ring substituents is 1. The molecule has 1 amide bonds. The number of carbonyl (C=O) groups excluding carboxylic acids is 2. The van der Waals surface area contributed by atoms with E-state index in [1.54, 1.807) is 30.3 Å². The number of hydrogen-bond donors (Lipinski definition) is 1. The first kappa shape index (κ1) is 21.2. The van der Waals surface area contributed by atoms with E-state index in [4.69, 9.17) is 4.74 Å². The standard InChI is InChI=1S/C22H22N2O6/c1-14-8-10-15(11-9-14)20(25)18-19(16-6-3-4-7-17(16)24(28)29)23(12-5-13-30-2)22(27)21(18)26/h3-4,6-11,19,25H,5,12-13H2,1-2H3/b20-18+. The van der Waals surface area contributed by atoms with Crippen molar-refractivity contribution in [1.82, 2.24) is 4.90 Å². The lowest BCUT2D eigenvalue weighted by Crippen LogP contribution is -2.31. The van der Waals surface area contributed by atoms with Gasteiger partial charge in [-0.3, -0.25) is 19.7 Å². The zero-order valence-corrected chi connectivity index (χ0v) is 16.7. The molecule has 0 aliphatic carbocycles. The topological polar surface area (TPSA) is 110 Å². The molecule has 1 aliphatic heterocycles. The van der Waals surface area contributed by atoms with Gasteiger partial charge in [0.15, 0.2) is 0 Å². The molecule has 1 N–H and O–H groups in total. The lowest BCUT2D eigenvalue weighted by atomic mass is 9.94. The summed E-state index contributed by atoms with van der Waals surface area (Å²) in [4.78, 5) is 38.0. The molecule has 1 fully saturated rings. The van der Waals surface area contributed by atoms with Crippen LogP contribution in [0.3, 0.4) is 0 Å². The minimum atomic E-state index is -1.07. The number of nitro groups is 1. The summed E-state index contributed by atoms with van der Waals surface area (Å²) in [6.45, 7) is 2.39. The second-order valence-electron chi connectivity index (χ2n) is 7.02. The number of amides is 1. The van der Waals surface area contributed by atoms with Gasteiger partial charge in [0.25, 0.3) is 17.4 Å². The quantitative estimate of drug-likeness (QED) is 0.187. The molecule has 0 radical (unpaired) electrons. The zero-order chi connectivity index (χ0) is 21.8. The Morgan fingerprint density at radius 3 is 2.47 bits per heavy atom. The molecule has 0 aromatic heterocycles. The molecule has 0 saturated carbocycles. The third-order valence-electron chi connectivity index (χ3n) is 5.04. The van der Waals surface area contributed by atoms with Crippen molar-refractivity contribution < 1.29 is 24.4 Å². The van der Waals surface area contributed by atoms with E-state index in [0.29, 0.717) is 18.6 Å². The van der Waals surface area contributed by atoms with Crippen LogP contribution in [0.5, 0.6) is 0 Å². The first-order chi connectivity index (χ1) is 14.4. The van der Waals surface area contributed by atoms with Gasteiger partial charge >= 0.3 is 0 Å². The predicted molar refractivity (Wildman–Crippen MR) is 110 cm³/mol. The molecule has 1 saturated heterocycles. The molecule has 156 valence electrons. The fourth-order valence-corrected chi connectivity index (χ4v) is 3.57. The van der Waals surface area contributed by atoms with Crippen molar-refractivity contribution in [2.24, 2.45) is 0 Å². The van der Waals surface area contributed by atoms with Gasteiger partial charge in [0.05, 0.1) is 22.1 Å². The van der Waals surface area contributed by atoms with Crippen LogP contribution in [0.15, 0.2) is 54.1 Å². The van der Waals surface area contributed by atoms with E-state index in [2.05, 4.69) is 0 Å². The molecule has 1 atom stereocenters. The maximum atomic E-state index is 12.9. The van der Waals surface area contributed by atoms with Gasteiger partial charge in [0, 0.05) is 31.9 Å². The van der Waals surface area contributed by atoms with Crippen LogP contribution in [0.25, 0.3) is 5.76 Å². The highest BCUT2D eigenvalue weighted by Gasteiger charge is 2.47. The highest BCUT2D eigenvalue weighted by molar-refractivity contribution is 6.46. The Morgan fingerprint density at radius 2 is 1.83 bits per heavy atom. The van der Waals surface area contributed by atoms with Gasteiger partial charge in [-0.15, -0.1) is 0 Å². The normalized spacial score (nSPS) is 18.1. The van der Waals surface area contributed by atoms with Gasteiger partial charge in [0.2, 0.25) is 0 Å². The molecule has 1 heterocycles. The number of ether oxygens (including phenoxy) is 1. The highest BCUT2D eigenvalue weighted by Crippen LogP contribution is 2.42. The van der Waals surface area contributed by atoms with Crippen LogP contribution in [0, 0.1) is 17.0 Å². The number of methoxy groups -OCH3 is 1. The number of aliphatic hydroxyl groups is 1. The molecule has 1 unspecified atom stereocenters. The molecule has 3 rings (SSSR count). The monoisotopic (exact) mass is 410 g/mol. The number of aliphatic hydroxyl groups excluding tert-OH is 1. The van der Waals surface area contributed by atoms with Gasteiger partial charge in [-0.2, -0.15) is 0 Å². The Balaban J connectivity index is 2.20. The Labute approximate surface area is 173 Å². The molecule has 1 aliphatic rings. The maximum absolute atomic E-state index is 12.9. The molecule has 30 heavy (non-hydrogen) atoms. The number of nitrogens with zero attached hydrogens (tertiary/aromatic N) is 2. The Hall–Kier alpha value is -3.52. The fraction of sp³-hybridized carbons (Fsp3) is 0.273. The van der Waals surface area contributed by atoms with Gasteiger partial charge in [-0.25, -0.2) is 0 Å². The number of likely N-dealkylation sites (tertiary alicyclic amines) is 1. The van der Waals surface area contributed by atoms with Crippen molar-refractivity contribution in [1.29, 1.82) is 0 Å². The number of carbonyl (C=O) groups is 2. The van der Waals surface area contributed by atoms with Crippen molar-refractivity contribution in [3.8, 4) is 0 Å². The molecular weight excluding hydrogens is 388 g/mol. The van der Waals surface area contributed by atoms with E-state index >= 15 is 0 Å². The van der Waals surface area contributed by atoms with E-state index in [1.807, 2.05) is 6.92 Å². The van der Waals surface area contributed by atoms with E-state index in [-0.39, 0.29) is 29.1 Å². The minimum Gasteiger partial charge on any atom is -0.507 e. The van der Waals surface area contributed by atoms with E-state index in [0.717, 1.165) is 5.56 Å². The van der Waals surface area contributed by atoms with Crippen molar-refractivity contribution >= 4 is 23.1 Å². The van der Waals surface area contributed by atoms with Gasteiger partial charge in [-0.05, 0) is 19.4 Å². The lowest BCUT2D eigenvalue weighted by molar-refractivity contribution is -0.385. The zero-order valence-electron chi connectivity index (χ0n) is 16.7. The number of hydrogen-bond acceptors (Lipinski definition) is 6. The largest absolute Gasteiger partial charge is 0.507 e. The third-order valence-corrected chi connectivity index (χ3v) is 5.04. The van der Waals surface area contributed by atoms with Crippen molar-refractivity contribution in [2.45, 2.75) is 19.4 Å². The first-order valence-electron chi connectivity index (χ1n) is 9.44. The van der Waals surface area contributed by atoms with Crippen molar-refractivity contribution in [2.75, 3.05) is 20.3 Å². The highest BCUT2D eigenvalue weighted by atomic mass is 16.6. The molecule has 8 nitrogen and oxygen atoms in total. The number of rotatable bonds is 7. The van der Waals surface area contributed by atoms with Crippen LogP contribution >= 0.6 is 0 Å². The van der Waals surface area contributed by atoms with E-state index < -0.39 is 22.7 Å². The predicted octanol–water partition coefficient (Wildman–Crippen LogP) is 3.36. The molecule has 0 bridgehead atoms. The Kier molecular flexibility index (Phi) is 6.27. The fourth-order valence-electron chi connectivity index (χ4n) is 3.57. The summed E-state index contributed by atoms with van der Waals surface area (Å²) >= 11 is 0. The van der Waals surface area contributed by atoms with Crippen molar-refractivity contribution in [3.63, 3.8) is 0 Å². The lowest BCUT2D eigenvalue weighted by Gasteiger charge is -2.25. The summed E-state index contributed by atoms with van der Waals surface area (Å²) in [7, 11) is 1.52. The summed E-state index contributed by atoms with van der Waals surface area (Å²) in [5, 5.41) is 22.5. The third kappa shape index (κ3) is 3.95. The molecule has 2 aromatic carbocycles. The number of ketones is 1. The first-order valence-corrected chi connectivity index (χ1v) is 9.44.